The molecule has 12 heteroatoms. The van der Waals surface area contributed by atoms with Crippen molar-refractivity contribution in [2.75, 3.05) is 6.61 Å². The summed E-state index contributed by atoms with van der Waals surface area (Å²) in [5, 5.41) is 53.2. The number of aliphatic hydroxyl groups is 4. The van der Waals surface area contributed by atoms with Crippen molar-refractivity contribution in [2.24, 2.45) is 16.5 Å². The Morgan fingerprint density at radius 3 is 2.09 bits per heavy atom. The van der Waals surface area contributed by atoms with Gasteiger partial charge in [-0.15, -0.1) is 0 Å². The molecule has 0 bridgehead atoms. The summed E-state index contributed by atoms with van der Waals surface area (Å²) in [5.41, 5.74) is 12.7. The number of rotatable bonds is 8. The number of hydrogen-bond acceptors (Lipinski definition) is 10. The van der Waals surface area contributed by atoms with Crippen LogP contribution in [-0.4, -0.2) is 80.4 Å². The van der Waals surface area contributed by atoms with E-state index in [1.807, 2.05) is 30.3 Å². The fraction of sp³-hybridized carbons (Fsp3) is 0.382. The molecule has 5 atom stereocenters. The van der Waals surface area contributed by atoms with Gasteiger partial charge in [0.25, 0.3) is 0 Å². The molecule has 1 heterocycles. The normalized spacial score (nSPS) is 25.1. The number of fused-ring (bicyclic) bond motifs is 2. The maximum atomic E-state index is 14.3. The molecule has 1 saturated carbocycles. The minimum atomic E-state index is -1.82. The van der Waals surface area contributed by atoms with Crippen LogP contribution in [0, 0.1) is 0 Å². The first-order chi connectivity index (χ1) is 22.1. The molecule has 9 N–H and O–H groups in total. The Balaban J connectivity index is 1.61. The molecule has 2 fully saturated rings. The summed E-state index contributed by atoms with van der Waals surface area (Å²) in [5.74, 6) is -2.36. The average molecular weight is 632 g/mol. The van der Waals surface area contributed by atoms with Crippen LogP contribution in [0.5, 0.6) is 11.5 Å². The van der Waals surface area contributed by atoms with Gasteiger partial charge < -0.3 is 46.5 Å². The van der Waals surface area contributed by atoms with Crippen LogP contribution in [-0.2, 0) is 23.1 Å². The van der Waals surface area contributed by atoms with Crippen LogP contribution in [0.2, 0.25) is 0 Å². The molecule has 1 aliphatic heterocycles. The topological polar surface area (TPSA) is 218 Å². The Kier molecular flexibility index (Phi) is 8.57. The Bertz CT molecular complexity index is 1680. The molecule has 12 nitrogen and oxygen atoms in total. The van der Waals surface area contributed by atoms with Gasteiger partial charge in [-0.2, -0.15) is 0 Å². The summed E-state index contributed by atoms with van der Waals surface area (Å²) in [6.07, 6.45) is -4.56. The van der Waals surface area contributed by atoms with E-state index < -0.39 is 60.0 Å². The highest BCUT2D eigenvalue weighted by molar-refractivity contribution is 6.30. The zero-order valence-corrected chi connectivity index (χ0v) is 25.0. The van der Waals surface area contributed by atoms with E-state index in [0.717, 1.165) is 31.2 Å². The first-order valence-corrected chi connectivity index (χ1v) is 15.2. The van der Waals surface area contributed by atoms with Crippen LogP contribution in [0.1, 0.15) is 74.2 Å². The Morgan fingerprint density at radius 2 is 1.48 bits per heavy atom. The van der Waals surface area contributed by atoms with Crippen molar-refractivity contribution in [3.05, 3.63) is 93.5 Å². The van der Waals surface area contributed by atoms with Crippen molar-refractivity contribution >= 4 is 17.5 Å². The summed E-state index contributed by atoms with van der Waals surface area (Å²) in [6.45, 7) is -0.990. The third-order valence-corrected chi connectivity index (χ3v) is 9.48. The lowest BCUT2D eigenvalue weighted by atomic mass is 9.70. The number of aliphatic imine (C=N–C) groups is 1. The van der Waals surface area contributed by atoms with E-state index in [1.54, 1.807) is 18.2 Å². The molecular weight excluding hydrogens is 594 g/mol. The Hall–Kier alpha value is -4.33. The lowest BCUT2D eigenvalue weighted by Gasteiger charge is -2.40. The zero-order chi connectivity index (χ0) is 32.7. The largest absolute Gasteiger partial charge is 0.504 e. The van der Waals surface area contributed by atoms with Crippen LogP contribution in [0.15, 0.2) is 59.6 Å². The third-order valence-electron chi connectivity index (χ3n) is 9.48. The second-order valence-electron chi connectivity index (χ2n) is 12.2. The van der Waals surface area contributed by atoms with Crippen molar-refractivity contribution < 1.29 is 44.6 Å². The molecule has 3 aromatic rings. The number of phenolic OH excluding ortho intramolecular Hbond substituents is 1. The van der Waals surface area contributed by atoms with Gasteiger partial charge in [0.2, 0.25) is 6.29 Å². The van der Waals surface area contributed by atoms with Gasteiger partial charge in [-0.05, 0) is 35.8 Å². The van der Waals surface area contributed by atoms with Gasteiger partial charge in [0.15, 0.2) is 29.0 Å². The zero-order valence-electron chi connectivity index (χ0n) is 25.0. The molecule has 0 radical (unpaired) electrons. The van der Waals surface area contributed by atoms with Crippen molar-refractivity contribution in [3.8, 4) is 11.5 Å². The van der Waals surface area contributed by atoms with E-state index in [1.165, 1.54) is 6.07 Å². The van der Waals surface area contributed by atoms with Gasteiger partial charge in [-0.3, -0.25) is 9.59 Å². The van der Waals surface area contributed by atoms with Crippen LogP contribution in [0.4, 0.5) is 0 Å². The summed E-state index contributed by atoms with van der Waals surface area (Å²) >= 11 is 0. The van der Waals surface area contributed by atoms with Crippen molar-refractivity contribution in [3.63, 3.8) is 0 Å². The van der Waals surface area contributed by atoms with E-state index in [2.05, 4.69) is 4.99 Å². The monoisotopic (exact) mass is 631 g/mol. The van der Waals surface area contributed by atoms with E-state index >= 15 is 0 Å². The van der Waals surface area contributed by atoms with E-state index in [-0.39, 0.29) is 52.5 Å². The molecule has 242 valence electrons. The summed E-state index contributed by atoms with van der Waals surface area (Å²) < 4.78 is 11.7. The first-order valence-electron chi connectivity index (χ1n) is 15.2. The predicted molar refractivity (Wildman–Crippen MR) is 166 cm³/mol. The second kappa shape index (κ2) is 12.5. The summed E-state index contributed by atoms with van der Waals surface area (Å²) in [7, 11) is 0. The fourth-order valence-electron chi connectivity index (χ4n) is 7.12. The van der Waals surface area contributed by atoms with Gasteiger partial charge >= 0.3 is 0 Å². The van der Waals surface area contributed by atoms with Gasteiger partial charge in [0, 0.05) is 22.3 Å². The number of ether oxygens (including phenoxy) is 2. The maximum absolute atomic E-state index is 14.3. The minimum absolute atomic E-state index is 0.0188. The molecule has 2 aliphatic carbocycles. The molecule has 6 rings (SSSR count). The smallest absolute Gasteiger partial charge is 0.229 e. The Labute approximate surface area is 264 Å². The van der Waals surface area contributed by atoms with Crippen LogP contribution < -0.4 is 16.2 Å². The maximum Gasteiger partial charge on any atom is 0.229 e. The third kappa shape index (κ3) is 5.31. The molecule has 46 heavy (non-hydrogen) atoms. The number of guanidine groups is 1. The highest BCUT2D eigenvalue weighted by atomic mass is 16.7. The molecule has 3 aliphatic rings. The highest BCUT2D eigenvalue weighted by Crippen LogP contribution is 2.50. The number of nitrogens with two attached hydrogens (primary N) is 2. The van der Waals surface area contributed by atoms with E-state index in [9.17, 15) is 35.1 Å². The van der Waals surface area contributed by atoms with Gasteiger partial charge in [0.1, 0.15) is 24.4 Å². The second-order valence-corrected chi connectivity index (χ2v) is 12.2. The number of carbonyl (C=O) groups is 2. The number of aliphatic hydroxyl groups excluding tert-OH is 4. The molecule has 0 unspecified atom stereocenters. The highest BCUT2D eigenvalue weighted by Gasteiger charge is 2.47. The number of ketones is 2. The Morgan fingerprint density at radius 1 is 0.870 bits per heavy atom. The summed E-state index contributed by atoms with van der Waals surface area (Å²) in [4.78, 5) is 32.6. The molecule has 3 aromatic carbocycles. The number of benzene rings is 3. The summed E-state index contributed by atoms with van der Waals surface area (Å²) in [6, 6.07) is 16.2. The SMILES string of the molecule is NC(N)=NCc1c(CC2(c3ccccc3)CCCC2)c2c(c(O)c1O[C@H]1O[C@@H](CO)[C@H](O)[C@@H](O)[C@@H]1O)C(=O)c1ccccc1C2=O. The average Bonchev–Trinajstić information content (AvgIpc) is 3.54. The van der Waals surface area contributed by atoms with E-state index in [0.29, 0.717) is 5.56 Å². The van der Waals surface area contributed by atoms with Gasteiger partial charge in [-0.25, -0.2) is 4.99 Å². The number of nitrogens with zero attached hydrogens (tertiary/aromatic N) is 1. The molecule has 1 saturated heterocycles. The number of aromatic hydroxyl groups is 1. The number of carbonyl (C=O) groups excluding carboxylic acids is 2. The van der Waals surface area contributed by atoms with Crippen molar-refractivity contribution in [1.29, 1.82) is 0 Å². The minimum Gasteiger partial charge on any atom is -0.504 e. The van der Waals surface area contributed by atoms with Crippen molar-refractivity contribution in [1.82, 2.24) is 0 Å². The first kappa shape index (κ1) is 31.6. The molecule has 0 amide bonds. The van der Waals surface area contributed by atoms with Crippen LogP contribution in [0.25, 0.3) is 0 Å². The quantitative estimate of drug-likeness (QED) is 0.108. The lowest BCUT2D eigenvalue weighted by molar-refractivity contribution is -0.277. The van der Waals surface area contributed by atoms with Gasteiger partial charge in [-0.1, -0.05) is 67.4 Å². The van der Waals surface area contributed by atoms with Gasteiger partial charge in [0.05, 0.1) is 18.7 Å². The van der Waals surface area contributed by atoms with Crippen LogP contribution >= 0.6 is 0 Å². The molecule has 0 spiro atoms. The van der Waals surface area contributed by atoms with E-state index in [4.69, 9.17) is 20.9 Å². The van der Waals surface area contributed by atoms with Crippen LogP contribution in [0.3, 0.4) is 0 Å². The lowest BCUT2D eigenvalue weighted by Crippen LogP contribution is -2.60. The van der Waals surface area contributed by atoms with Crippen molar-refractivity contribution in [2.45, 2.75) is 74.8 Å². The fourth-order valence-corrected chi connectivity index (χ4v) is 7.12. The standard InChI is InChI=1S/C34H37N3O9/c35-33(36)37-15-21-20(14-34(12-6-7-13-34)17-8-2-1-3-9-17)23-24(26(40)19-11-5-4-10-18(19)25(23)39)28(42)31(21)46-32-30(44)29(43)27(41)22(16-38)45-32/h1-5,8-11,22,27,29-30,32,38,41-44H,6-7,12-16H2,(H4,35,36,37)/t22-,27-,29+,30-,32+/m0/s1. The predicted octanol–water partition coefficient (Wildman–Crippen LogP) is 1.17. The number of hydrogen-bond donors (Lipinski definition) is 7. The number of phenols is 1. The molecule has 0 aromatic heterocycles. The molecular formula is C34H37N3O9.